The van der Waals surface area contributed by atoms with E-state index in [9.17, 15) is 4.79 Å². The van der Waals surface area contributed by atoms with E-state index >= 15 is 0 Å². The summed E-state index contributed by atoms with van der Waals surface area (Å²) in [5.41, 5.74) is 1.000. The van der Waals surface area contributed by atoms with Crippen LogP contribution in [0.1, 0.15) is 31.4 Å². The van der Waals surface area contributed by atoms with Gasteiger partial charge in [0, 0.05) is 12.5 Å². The predicted molar refractivity (Wildman–Crippen MR) is 72.0 cm³/mol. The second-order valence-electron chi connectivity index (χ2n) is 3.64. The Hall–Kier alpha value is -0.290. The molecular weight excluding hydrogens is 281 g/mol. The molecule has 0 bridgehead atoms. The van der Waals surface area contributed by atoms with Gasteiger partial charge in [-0.3, -0.25) is 4.79 Å². The van der Waals surface area contributed by atoms with Gasteiger partial charge in [-0.05, 0) is 31.5 Å². The van der Waals surface area contributed by atoms with Gasteiger partial charge >= 0.3 is 5.97 Å². The van der Waals surface area contributed by atoms with Crippen molar-refractivity contribution in [2.45, 2.75) is 25.8 Å². The molecule has 0 spiro atoms. The van der Waals surface area contributed by atoms with Crippen LogP contribution in [0.4, 0.5) is 0 Å². The van der Waals surface area contributed by atoms with E-state index in [0.717, 1.165) is 18.5 Å². The number of carbonyl (C=O) groups is 1. The summed E-state index contributed by atoms with van der Waals surface area (Å²) in [4.78, 5) is 10.9. The van der Waals surface area contributed by atoms with Crippen molar-refractivity contribution in [3.05, 3.63) is 20.3 Å². The summed E-state index contributed by atoms with van der Waals surface area (Å²) in [7, 11) is 1.39. The number of halogens is 2. The first kappa shape index (κ1) is 14.8. The lowest BCUT2D eigenvalue weighted by molar-refractivity contribution is -0.140. The maximum absolute atomic E-state index is 10.9. The molecule has 1 aromatic heterocycles. The zero-order valence-electron chi connectivity index (χ0n) is 9.76. The molecule has 0 fully saturated rings. The third kappa shape index (κ3) is 4.84. The molecule has 3 nitrogen and oxygen atoms in total. The zero-order valence-corrected chi connectivity index (χ0v) is 12.1. The van der Waals surface area contributed by atoms with Crippen molar-refractivity contribution in [3.63, 3.8) is 0 Å². The van der Waals surface area contributed by atoms with Crippen molar-refractivity contribution in [3.8, 4) is 0 Å². The van der Waals surface area contributed by atoms with E-state index in [0.29, 0.717) is 15.1 Å². The standard InChI is InChI=1S/C11H15Cl2NO2S/c1-7(8-6-9(12)17-11(8)13)14-5-3-4-10(15)16-2/h6-7,14H,3-5H2,1-2H3. The van der Waals surface area contributed by atoms with Crippen LogP contribution >= 0.6 is 34.5 Å². The summed E-state index contributed by atoms with van der Waals surface area (Å²) in [5, 5.41) is 3.29. The largest absolute Gasteiger partial charge is 0.469 e. The Balaban J connectivity index is 2.32. The second-order valence-corrected chi connectivity index (χ2v) is 5.92. The van der Waals surface area contributed by atoms with Crippen LogP contribution in [0.3, 0.4) is 0 Å². The molecule has 0 saturated carbocycles. The Kier molecular flexibility index (Phi) is 6.27. The Morgan fingerprint density at radius 2 is 2.29 bits per heavy atom. The summed E-state index contributed by atoms with van der Waals surface area (Å²) in [6.45, 7) is 2.75. The fourth-order valence-electron chi connectivity index (χ4n) is 1.41. The first-order valence-electron chi connectivity index (χ1n) is 5.29. The summed E-state index contributed by atoms with van der Waals surface area (Å²) >= 11 is 13.3. The average Bonchev–Trinajstić information content (AvgIpc) is 2.63. The molecule has 1 aromatic rings. The van der Waals surface area contributed by atoms with E-state index in [-0.39, 0.29) is 12.0 Å². The SMILES string of the molecule is COC(=O)CCCNC(C)c1cc(Cl)sc1Cl. The molecule has 0 radical (unpaired) electrons. The first-order chi connectivity index (χ1) is 8.04. The molecule has 6 heteroatoms. The molecule has 0 aliphatic rings. The first-order valence-corrected chi connectivity index (χ1v) is 6.86. The number of ether oxygens (including phenoxy) is 1. The number of rotatable bonds is 6. The van der Waals surface area contributed by atoms with E-state index in [1.165, 1.54) is 18.4 Å². The van der Waals surface area contributed by atoms with Crippen LogP contribution in [0.2, 0.25) is 8.67 Å². The molecule has 1 unspecified atom stereocenters. The van der Waals surface area contributed by atoms with Crippen molar-refractivity contribution >= 4 is 40.5 Å². The van der Waals surface area contributed by atoms with Gasteiger partial charge in [-0.2, -0.15) is 0 Å². The molecular formula is C11H15Cl2NO2S. The summed E-state index contributed by atoms with van der Waals surface area (Å²) < 4.78 is 5.96. The minimum atomic E-state index is -0.184. The summed E-state index contributed by atoms with van der Waals surface area (Å²) in [6, 6.07) is 2.00. The lowest BCUT2D eigenvalue weighted by Gasteiger charge is -2.12. The number of hydrogen-bond acceptors (Lipinski definition) is 4. The van der Waals surface area contributed by atoms with Gasteiger partial charge in [-0.15, -0.1) is 11.3 Å². The van der Waals surface area contributed by atoms with E-state index in [1.54, 1.807) is 0 Å². The normalized spacial score (nSPS) is 12.5. The zero-order chi connectivity index (χ0) is 12.8. The number of methoxy groups -OCH3 is 1. The van der Waals surface area contributed by atoms with Gasteiger partial charge in [0.05, 0.1) is 15.8 Å². The third-order valence-corrected chi connectivity index (χ3v) is 3.90. The Labute approximate surface area is 115 Å². The molecule has 0 aliphatic heterocycles. The van der Waals surface area contributed by atoms with Gasteiger partial charge in [0.15, 0.2) is 0 Å². The Bertz CT molecular complexity index is 382. The average molecular weight is 296 g/mol. The molecule has 17 heavy (non-hydrogen) atoms. The fraction of sp³-hybridized carbons (Fsp3) is 0.545. The van der Waals surface area contributed by atoms with E-state index in [1.807, 2.05) is 13.0 Å². The minimum Gasteiger partial charge on any atom is -0.469 e. The van der Waals surface area contributed by atoms with Gasteiger partial charge < -0.3 is 10.1 Å². The van der Waals surface area contributed by atoms with Gasteiger partial charge in [0.2, 0.25) is 0 Å². The highest BCUT2D eigenvalue weighted by Crippen LogP contribution is 2.34. The van der Waals surface area contributed by atoms with E-state index in [4.69, 9.17) is 23.2 Å². The molecule has 0 saturated heterocycles. The second kappa shape index (κ2) is 7.21. The smallest absolute Gasteiger partial charge is 0.305 e. The third-order valence-electron chi connectivity index (χ3n) is 2.39. The number of nitrogens with one attached hydrogen (secondary N) is 1. The molecule has 1 N–H and O–H groups in total. The summed E-state index contributed by atoms with van der Waals surface area (Å²) in [5.74, 6) is -0.184. The van der Waals surface area contributed by atoms with Gasteiger partial charge in [0.25, 0.3) is 0 Å². The van der Waals surface area contributed by atoms with Crippen molar-refractivity contribution in [1.82, 2.24) is 5.32 Å². The molecule has 0 amide bonds. The van der Waals surface area contributed by atoms with Crippen LogP contribution in [-0.4, -0.2) is 19.6 Å². The van der Waals surface area contributed by atoms with Crippen LogP contribution in [-0.2, 0) is 9.53 Å². The maximum atomic E-state index is 10.9. The molecule has 96 valence electrons. The van der Waals surface area contributed by atoms with Crippen molar-refractivity contribution in [2.75, 3.05) is 13.7 Å². The number of hydrogen-bond donors (Lipinski definition) is 1. The molecule has 1 atom stereocenters. The number of carbonyl (C=O) groups excluding carboxylic acids is 1. The predicted octanol–water partition coefficient (Wildman–Crippen LogP) is 3.66. The lowest BCUT2D eigenvalue weighted by atomic mass is 10.2. The maximum Gasteiger partial charge on any atom is 0.305 e. The van der Waals surface area contributed by atoms with Gasteiger partial charge in [0.1, 0.15) is 0 Å². The number of esters is 1. The fourth-order valence-corrected chi connectivity index (χ4v) is 3.06. The van der Waals surface area contributed by atoms with Crippen LogP contribution in [0.25, 0.3) is 0 Å². The van der Waals surface area contributed by atoms with Crippen LogP contribution in [0.5, 0.6) is 0 Å². The molecule has 0 aromatic carbocycles. The van der Waals surface area contributed by atoms with E-state index < -0.39 is 0 Å². The van der Waals surface area contributed by atoms with Crippen molar-refractivity contribution < 1.29 is 9.53 Å². The minimum absolute atomic E-state index is 0.129. The highest BCUT2D eigenvalue weighted by atomic mass is 35.5. The van der Waals surface area contributed by atoms with Crippen LogP contribution in [0.15, 0.2) is 6.07 Å². The van der Waals surface area contributed by atoms with Crippen molar-refractivity contribution in [1.29, 1.82) is 0 Å². The van der Waals surface area contributed by atoms with E-state index in [2.05, 4.69) is 10.1 Å². The van der Waals surface area contributed by atoms with Crippen molar-refractivity contribution in [2.24, 2.45) is 0 Å². The Morgan fingerprint density at radius 1 is 1.59 bits per heavy atom. The van der Waals surface area contributed by atoms with Crippen LogP contribution in [0, 0.1) is 0 Å². The quantitative estimate of drug-likeness (QED) is 0.643. The highest BCUT2D eigenvalue weighted by molar-refractivity contribution is 7.20. The monoisotopic (exact) mass is 295 g/mol. The topological polar surface area (TPSA) is 38.3 Å². The highest BCUT2D eigenvalue weighted by Gasteiger charge is 2.12. The summed E-state index contributed by atoms with van der Waals surface area (Å²) in [6.07, 6.45) is 1.17. The molecule has 1 heterocycles. The molecule has 1 rings (SSSR count). The van der Waals surface area contributed by atoms with Crippen LogP contribution < -0.4 is 5.32 Å². The van der Waals surface area contributed by atoms with Gasteiger partial charge in [-0.1, -0.05) is 23.2 Å². The lowest BCUT2D eigenvalue weighted by Crippen LogP contribution is -2.20. The number of thiophene rings is 1. The Morgan fingerprint density at radius 3 is 2.82 bits per heavy atom. The van der Waals surface area contributed by atoms with Gasteiger partial charge in [-0.25, -0.2) is 0 Å². The molecule has 0 aliphatic carbocycles.